The van der Waals surface area contributed by atoms with Crippen molar-refractivity contribution in [3.8, 4) is 0 Å². The Bertz CT molecular complexity index is 193. The van der Waals surface area contributed by atoms with Gasteiger partial charge in [0.05, 0.1) is 6.26 Å². The smallest absolute Gasteiger partial charge is 0.335 e. The van der Waals surface area contributed by atoms with Gasteiger partial charge in [-0.15, -0.1) is 13.2 Å². The Morgan fingerprint density at radius 3 is 2.08 bits per heavy atom. The summed E-state index contributed by atoms with van der Waals surface area (Å²) in [5, 5.41) is 8.01. The molecule has 0 aromatic rings. The Labute approximate surface area is 70.5 Å². The van der Waals surface area contributed by atoms with Crippen LogP contribution in [-0.2, 0) is 14.3 Å². The molecular weight excluding hydrogens is 160 g/mol. The number of rotatable bonds is 3. The van der Waals surface area contributed by atoms with Crippen LogP contribution in [0.1, 0.15) is 0 Å². The molecule has 0 aliphatic rings. The average molecular weight is 170 g/mol. The minimum absolute atomic E-state index is 0.686. The quantitative estimate of drug-likeness (QED) is 0.298. The van der Waals surface area contributed by atoms with Gasteiger partial charge in [0.1, 0.15) is 0 Å². The van der Waals surface area contributed by atoms with E-state index in [2.05, 4.69) is 24.5 Å². The molecule has 66 valence electrons. The molecule has 0 spiro atoms. The molecule has 0 aliphatic heterocycles. The molecule has 0 unspecified atom stereocenters. The Hall–Kier alpha value is -1.84. The second kappa shape index (κ2) is 9.16. The highest BCUT2D eigenvalue weighted by Crippen LogP contribution is 1.80. The van der Waals surface area contributed by atoms with E-state index >= 15 is 0 Å². The molecule has 0 radical (unpaired) electrons. The highest BCUT2D eigenvalue weighted by molar-refractivity contribution is 5.90. The van der Waals surface area contributed by atoms with Crippen molar-refractivity contribution in [2.45, 2.75) is 0 Å². The third-order valence-electron chi connectivity index (χ3n) is 0.561. The van der Waals surface area contributed by atoms with Crippen LogP contribution in [0.5, 0.6) is 0 Å². The van der Waals surface area contributed by atoms with Gasteiger partial charge in [0.15, 0.2) is 0 Å². The van der Waals surface area contributed by atoms with Gasteiger partial charge in [-0.1, -0.05) is 6.58 Å². The number of aliphatic carboxylic acids is 1. The van der Waals surface area contributed by atoms with Gasteiger partial charge >= 0.3 is 11.9 Å². The third kappa shape index (κ3) is 11.0. The Balaban J connectivity index is 0. The molecule has 0 rings (SSSR count). The molecule has 4 heteroatoms. The van der Waals surface area contributed by atoms with Crippen LogP contribution < -0.4 is 0 Å². The van der Waals surface area contributed by atoms with Crippen LogP contribution in [0.15, 0.2) is 38.2 Å². The number of hydrogen-bond donors (Lipinski definition) is 1. The van der Waals surface area contributed by atoms with Gasteiger partial charge in [0.2, 0.25) is 0 Å². The van der Waals surface area contributed by atoms with E-state index in [0.717, 1.165) is 12.3 Å². The van der Waals surface area contributed by atoms with Crippen molar-refractivity contribution in [3.05, 3.63) is 38.2 Å². The van der Waals surface area contributed by atoms with Crippen molar-refractivity contribution in [2.24, 2.45) is 0 Å². The molecule has 4 nitrogen and oxygen atoms in total. The van der Waals surface area contributed by atoms with Crippen molar-refractivity contribution in [1.29, 1.82) is 0 Å². The van der Waals surface area contributed by atoms with Crippen molar-refractivity contribution in [3.63, 3.8) is 0 Å². The molecule has 0 amide bonds. The van der Waals surface area contributed by atoms with Gasteiger partial charge in [-0.2, -0.15) is 0 Å². The first-order chi connectivity index (χ1) is 5.66. The molecular formula is C8H10O4. The molecule has 0 atom stereocenters. The first-order valence-corrected chi connectivity index (χ1v) is 2.89. The maximum atomic E-state index is 10.3. The van der Waals surface area contributed by atoms with Gasteiger partial charge in [0.25, 0.3) is 0 Å². The summed E-state index contributed by atoms with van der Waals surface area (Å²) < 4.78 is 4.17. The second-order valence-electron chi connectivity index (χ2n) is 1.28. The van der Waals surface area contributed by atoms with E-state index in [4.69, 9.17) is 5.11 Å². The van der Waals surface area contributed by atoms with Crippen molar-refractivity contribution >= 4 is 11.9 Å². The Kier molecular flexibility index (Phi) is 9.77. The first-order valence-electron chi connectivity index (χ1n) is 2.89. The fourth-order valence-electron chi connectivity index (χ4n) is 0.261. The summed E-state index contributed by atoms with van der Waals surface area (Å²) in [4.78, 5) is 20.1. The summed E-state index contributed by atoms with van der Waals surface area (Å²) in [7, 11) is 0. The lowest BCUT2D eigenvalue weighted by Crippen LogP contribution is -1.95. The van der Waals surface area contributed by atoms with E-state index in [-0.39, 0.29) is 0 Å². The van der Waals surface area contributed by atoms with Crippen LogP contribution in [0.3, 0.4) is 0 Å². The predicted octanol–water partition coefficient (Wildman–Crippen LogP) is 1.12. The highest BCUT2D eigenvalue weighted by atomic mass is 16.5. The largest absolute Gasteiger partial charge is 0.478 e. The molecule has 12 heavy (non-hydrogen) atoms. The van der Waals surface area contributed by atoms with E-state index in [1.807, 2.05) is 0 Å². The maximum absolute atomic E-state index is 10.3. The van der Waals surface area contributed by atoms with Crippen molar-refractivity contribution in [2.75, 3.05) is 0 Å². The highest BCUT2D eigenvalue weighted by Gasteiger charge is 1.93. The number of esters is 1. The van der Waals surface area contributed by atoms with Crippen LogP contribution in [0.4, 0.5) is 0 Å². The van der Waals surface area contributed by atoms with Crippen LogP contribution in [0, 0.1) is 0 Å². The van der Waals surface area contributed by atoms with Gasteiger partial charge < -0.3 is 9.84 Å². The maximum Gasteiger partial charge on any atom is 0.335 e. The fourth-order valence-corrected chi connectivity index (χ4v) is 0.261. The summed E-state index contributed by atoms with van der Waals surface area (Å²) >= 11 is 0. The molecule has 1 N–H and O–H groups in total. The zero-order valence-corrected chi connectivity index (χ0v) is 6.53. The second-order valence-corrected chi connectivity index (χ2v) is 1.28. The molecule has 0 aliphatic carbocycles. The lowest BCUT2D eigenvalue weighted by atomic mass is 10.5. The molecule has 0 saturated carbocycles. The van der Waals surface area contributed by atoms with Crippen LogP contribution >= 0.6 is 0 Å². The predicted molar refractivity (Wildman–Crippen MR) is 44.3 cm³/mol. The van der Waals surface area contributed by atoms with E-state index in [1.165, 1.54) is 0 Å². The van der Waals surface area contributed by atoms with Crippen LogP contribution in [0.25, 0.3) is 0 Å². The fraction of sp³-hybridized carbons (Fsp3) is 0. The van der Waals surface area contributed by atoms with Gasteiger partial charge in [0, 0.05) is 12.2 Å². The van der Waals surface area contributed by atoms with Crippen LogP contribution in [-0.4, -0.2) is 17.0 Å². The molecule has 0 saturated heterocycles. The summed E-state index contributed by atoms with van der Waals surface area (Å²) in [6, 6.07) is 0. The SMILES string of the molecule is C=C.C=COC(=O)/C=C/C(=O)O. The number of ether oxygens (including phenoxy) is 1. The van der Waals surface area contributed by atoms with E-state index in [0.29, 0.717) is 6.08 Å². The zero-order chi connectivity index (χ0) is 9.98. The lowest BCUT2D eigenvalue weighted by Gasteiger charge is -1.87. The van der Waals surface area contributed by atoms with Gasteiger partial charge in [-0.05, 0) is 0 Å². The Morgan fingerprint density at radius 2 is 1.75 bits per heavy atom. The number of carbonyl (C=O) groups is 2. The average Bonchev–Trinajstić information content (AvgIpc) is 2.05. The van der Waals surface area contributed by atoms with E-state index in [1.54, 1.807) is 0 Å². The third-order valence-corrected chi connectivity index (χ3v) is 0.561. The van der Waals surface area contributed by atoms with E-state index in [9.17, 15) is 9.59 Å². The standard InChI is InChI=1S/C6H6O4.C2H4/c1-2-10-6(9)4-3-5(7)8;1-2/h2-4H,1H2,(H,7,8);1-2H2/b4-3+;. The molecule has 0 heterocycles. The Morgan fingerprint density at radius 1 is 1.25 bits per heavy atom. The number of hydrogen-bond acceptors (Lipinski definition) is 3. The topological polar surface area (TPSA) is 63.6 Å². The monoisotopic (exact) mass is 170 g/mol. The molecule has 0 aromatic heterocycles. The van der Waals surface area contributed by atoms with Gasteiger partial charge in [-0.3, -0.25) is 0 Å². The zero-order valence-electron chi connectivity index (χ0n) is 6.53. The van der Waals surface area contributed by atoms with Crippen molar-refractivity contribution in [1.82, 2.24) is 0 Å². The molecule has 0 bridgehead atoms. The minimum atomic E-state index is -1.19. The van der Waals surface area contributed by atoms with Gasteiger partial charge in [-0.25, -0.2) is 9.59 Å². The summed E-state index contributed by atoms with van der Waals surface area (Å²) in [5.41, 5.74) is 0. The molecule has 0 fully saturated rings. The van der Waals surface area contributed by atoms with E-state index < -0.39 is 11.9 Å². The number of carboxylic acids is 1. The minimum Gasteiger partial charge on any atom is -0.478 e. The summed E-state index contributed by atoms with van der Waals surface area (Å²) in [6.45, 7) is 9.10. The van der Waals surface area contributed by atoms with Crippen LogP contribution in [0.2, 0.25) is 0 Å². The lowest BCUT2D eigenvalue weighted by molar-refractivity contribution is -0.134. The number of carbonyl (C=O) groups excluding carboxylic acids is 1. The number of carboxylic acid groups (broad SMARTS) is 1. The summed E-state index contributed by atoms with van der Waals surface area (Å²) in [6.07, 6.45) is 2.41. The summed E-state index contributed by atoms with van der Waals surface area (Å²) in [5.74, 6) is -1.95. The van der Waals surface area contributed by atoms with Crippen molar-refractivity contribution < 1.29 is 19.4 Å². The normalized spacial score (nSPS) is 8.00. The first kappa shape index (κ1) is 12.8. The molecule has 0 aromatic carbocycles.